The van der Waals surface area contributed by atoms with Crippen LogP contribution < -0.4 is 5.32 Å². The van der Waals surface area contributed by atoms with E-state index in [1.807, 2.05) is 13.2 Å². The molecule has 1 aromatic rings. The normalized spacial score (nSPS) is 10.6. The summed E-state index contributed by atoms with van der Waals surface area (Å²) in [5.41, 5.74) is 0. The minimum atomic E-state index is 0.277. The number of nitrogens with zero attached hydrogens (tertiary/aromatic N) is 2. The Kier molecular flexibility index (Phi) is 5.78. The van der Waals surface area contributed by atoms with Gasteiger partial charge in [-0.15, -0.1) is 0 Å². The summed E-state index contributed by atoms with van der Waals surface area (Å²) >= 11 is 0. The summed E-state index contributed by atoms with van der Waals surface area (Å²) in [5, 5.41) is 3.04. The van der Waals surface area contributed by atoms with Crippen LogP contribution in [0.1, 0.15) is 32.0 Å². The van der Waals surface area contributed by atoms with Crippen molar-refractivity contribution in [2.24, 2.45) is 0 Å². The molecule has 16 heavy (non-hydrogen) atoms. The van der Waals surface area contributed by atoms with E-state index in [0.717, 1.165) is 31.8 Å². The first-order valence-electron chi connectivity index (χ1n) is 5.94. The predicted molar refractivity (Wildman–Crippen MR) is 64.4 cm³/mol. The van der Waals surface area contributed by atoms with Crippen molar-refractivity contribution in [3.63, 3.8) is 0 Å². The van der Waals surface area contributed by atoms with Crippen molar-refractivity contribution in [2.75, 3.05) is 13.6 Å². The maximum absolute atomic E-state index is 11.7. The van der Waals surface area contributed by atoms with E-state index >= 15 is 0 Å². The topological polar surface area (TPSA) is 46.9 Å². The zero-order chi connectivity index (χ0) is 11.8. The zero-order valence-electron chi connectivity index (χ0n) is 10.2. The van der Waals surface area contributed by atoms with Crippen LogP contribution in [-0.4, -0.2) is 28.9 Å². The lowest BCUT2D eigenvalue weighted by atomic mass is 10.1. The van der Waals surface area contributed by atoms with E-state index in [2.05, 4.69) is 21.8 Å². The van der Waals surface area contributed by atoms with Gasteiger partial charge in [-0.2, -0.15) is 0 Å². The van der Waals surface area contributed by atoms with Crippen molar-refractivity contribution in [1.82, 2.24) is 14.9 Å². The van der Waals surface area contributed by atoms with Gasteiger partial charge in [0, 0.05) is 25.4 Å². The molecular formula is C12H21N3O. The minimum Gasteiger partial charge on any atom is -0.335 e. The second-order valence-electron chi connectivity index (χ2n) is 3.96. The van der Waals surface area contributed by atoms with Crippen LogP contribution in [0.15, 0.2) is 12.4 Å². The quantitative estimate of drug-likeness (QED) is 0.678. The summed E-state index contributed by atoms with van der Waals surface area (Å²) in [6.07, 6.45) is 6.79. The second-order valence-corrected chi connectivity index (χ2v) is 3.96. The smallest absolute Gasteiger partial charge is 0.140 e. The number of rotatable bonds is 8. The standard InChI is InChI=1S/C12H21N3O/c1-3-8-15-9-7-14-12(15)10-11(16)5-4-6-13-2/h7,9,13H,3-6,8,10H2,1-2H3. The predicted octanol–water partition coefficient (Wildman–Crippen LogP) is 1.40. The molecule has 0 aliphatic carbocycles. The molecule has 0 spiro atoms. The van der Waals surface area contributed by atoms with Gasteiger partial charge in [-0.25, -0.2) is 4.98 Å². The summed E-state index contributed by atoms with van der Waals surface area (Å²) < 4.78 is 2.07. The highest BCUT2D eigenvalue weighted by Gasteiger charge is 2.08. The zero-order valence-corrected chi connectivity index (χ0v) is 10.2. The Bertz CT molecular complexity index is 320. The highest BCUT2D eigenvalue weighted by atomic mass is 16.1. The lowest BCUT2D eigenvalue weighted by Gasteiger charge is -2.05. The molecule has 0 saturated heterocycles. The highest BCUT2D eigenvalue weighted by Crippen LogP contribution is 2.03. The molecule has 1 heterocycles. The van der Waals surface area contributed by atoms with Gasteiger partial charge in [0.2, 0.25) is 0 Å². The Hall–Kier alpha value is -1.16. The Labute approximate surface area is 97.1 Å². The van der Waals surface area contributed by atoms with Crippen LogP contribution >= 0.6 is 0 Å². The van der Waals surface area contributed by atoms with Crippen molar-refractivity contribution < 1.29 is 4.79 Å². The Morgan fingerprint density at radius 1 is 1.56 bits per heavy atom. The van der Waals surface area contributed by atoms with Crippen LogP contribution in [0, 0.1) is 0 Å². The molecule has 1 rings (SSSR count). The van der Waals surface area contributed by atoms with Gasteiger partial charge in [0.05, 0.1) is 6.42 Å². The van der Waals surface area contributed by atoms with E-state index in [1.54, 1.807) is 6.20 Å². The summed E-state index contributed by atoms with van der Waals surface area (Å²) in [6.45, 7) is 3.97. The maximum Gasteiger partial charge on any atom is 0.140 e. The van der Waals surface area contributed by atoms with E-state index < -0.39 is 0 Å². The molecule has 0 aliphatic heterocycles. The SMILES string of the molecule is CCCn1ccnc1CC(=O)CCCNC. The van der Waals surface area contributed by atoms with Gasteiger partial charge in [0.15, 0.2) is 0 Å². The number of Topliss-reactive ketones (excluding diaryl/α,β-unsaturated/α-hetero) is 1. The van der Waals surface area contributed by atoms with E-state index in [9.17, 15) is 4.79 Å². The summed E-state index contributed by atoms with van der Waals surface area (Å²) in [5.74, 6) is 1.18. The van der Waals surface area contributed by atoms with Crippen molar-refractivity contribution in [1.29, 1.82) is 0 Å². The molecule has 0 unspecified atom stereocenters. The van der Waals surface area contributed by atoms with E-state index in [1.165, 1.54) is 0 Å². The number of hydrogen-bond acceptors (Lipinski definition) is 3. The molecule has 0 bridgehead atoms. The number of aromatic nitrogens is 2. The lowest BCUT2D eigenvalue weighted by Crippen LogP contribution is -2.13. The summed E-state index contributed by atoms with van der Waals surface area (Å²) in [4.78, 5) is 15.9. The Balaban J connectivity index is 2.39. The van der Waals surface area contributed by atoms with Crippen LogP contribution in [0.5, 0.6) is 0 Å². The number of aryl methyl sites for hydroxylation is 1. The third-order valence-electron chi connectivity index (χ3n) is 2.50. The molecule has 0 radical (unpaired) electrons. The number of ketones is 1. The fourth-order valence-corrected chi connectivity index (χ4v) is 1.68. The first kappa shape index (κ1) is 12.9. The fraction of sp³-hybridized carbons (Fsp3) is 0.667. The third kappa shape index (κ3) is 4.14. The molecule has 0 amide bonds. The molecule has 0 aliphatic rings. The second kappa shape index (κ2) is 7.17. The largest absolute Gasteiger partial charge is 0.335 e. The molecule has 1 aromatic heterocycles. The van der Waals surface area contributed by atoms with E-state index in [4.69, 9.17) is 0 Å². The first-order chi connectivity index (χ1) is 7.77. The molecule has 0 atom stereocenters. The van der Waals surface area contributed by atoms with Crippen LogP contribution in [0.2, 0.25) is 0 Å². The Morgan fingerprint density at radius 3 is 3.06 bits per heavy atom. The van der Waals surface area contributed by atoms with Gasteiger partial charge in [-0.1, -0.05) is 6.92 Å². The number of imidazole rings is 1. The molecular weight excluding hydrogens is 202 g/mol. The lowest BCUT2D eigenvalue weighted by molar-refractivity contribution is -0.118. The van der Waals surface area contributed by atoms with Gasteiger partial charge in [0.25, 0.3) is 0 Å². The Morgan fingerprint density at radius 2 is 2.38 bits per heavy atom. The van der Waals surface area contributed by atoms with Gasteiger partial charge in [-0.05, 0) is 26.4 Å². The molecule has 0 aromatic carbocycles. The number of carbonyl (C=O) groups excluding carboxylic acids is 1. The van der Waals surface area contributed by atoms with Crippen molar-refractivity contribution in [3.05, 3.63) is 18.2 Å². The van der Waals surface area contributed by atoms with Gasteiger partial charge < -0.3 is 9.88 Å². The molecule has 4 nitrogen and oxygen atoms in total. The molecule has 4 heteroatoms. The van der Waals surface area contributed by atoms with Crippen LogP contribution in [0.4, 0.5) is 0 Å². The van der Waals surface area contributed by atoms with Crippen LogP contribution in [0.25, 0.3) is 0 Å². The van der Waals surface area contributed by atoms with Crippen molar-refractivity contribution in [2.45, 2.75) is 39.2 Å². The molecule has 90 valence electrons. The fourth-order valence-electron chi connectivity index (χ4n) is 1.68. The van der Waals surface area contributed by atoms with E-state index in [-0.39, 0.29) is 5.78 Å². The minimum absolute atomic E-state index is 0.277. The summed E-state index contributed by atoms with van der Waals surface area (Å²) in [7, 11) is 1.90. The number of nitrogens with one attached hydrogen (secondary N) is 1. The highest BCUT2D eigenvalue weighted by molar-refractivity contribution is 5.80. The van der Waals surface area contributed by atoms with Crippen LogP contribution in [0.3, 0.4) is 0 Å². The van der Waals surface area contributed by atoms with Crippen molar-refractivity contribution in [3.8, 4) is 0 Å². The van der Waals surface area contributed by atoms with Crippen molar-refractivity contribution >= 4 is 5.78 Å². The van der Waals surface area contributed by atoms with Gasteiger partial charge >= 0.3 is 0 Å². The van der Waals surface area contributed by atoms with Crippen LogP contribution in [-0.2, 0) is 17.8 Å². The molecule has 0 fully saturated rings. The summed E-state index contributed by atoms with van der Waals surface area (Å²) in [6, 6.07) is 0. The monoisotopic (exact) mass is 223 g/mol. The molecule has 1 N–H and O–H groups in total. The third-order valence-corrected chi connectivity index (χ3v) is 2.50. The van der Waals surface area contributed by atoms with E-state index in [0.29, 0.717) is 12.8 Å². The number of hydrogen-bond donors (Lipinski definition) is 1. The van der Waals surface area contributed by atoms with Gasteiger partial charge in [0.1, 0.15) is 11.6 Å². The molecule has 0 saturated carbocycles. The average Bonchev–Trinajstić information content (AvgIpc) is 2.67. The average molecular weight is 223 g/mol. The maximum atomic E-state index is 11.7. The first-order valence-corrected chi connectivity index (χ1v) is 5.94. The number of carbonyl (C=O) groups is 1. The van der Waals surface area contributed by atoms with Gasteiger partial charge in [-0.3, -0.25) is 4.79 Å².